The van der Waals surface area contributed by atoms with Crippen LogP contribution in [-0.2, 0) is 13.1 Å². The Morgan fingerprint density at radius 3 is 2.06 bits per heavy atom. The second-order valence-electron chi connectivity index (χ2n) is 9.10. The van der Waals surface area contributed by atoms with Crippen LogP contribution in [0.3, 0.4) is 0 Å². The number of benzene rings is 3. The normalized spacial score (nSPS) is 12.4. The summed E-state index contributed by atoms with van der Waals surface area (Å²) in [6.07, 6.45) is 9.97. The van der Waals surface area contributed by atoms with E-state index in [1.54, 1.807) is 0 Å². The third-order valence-electron chi connectivity index (χ3n) is 6.96. The molecule has 1 aliphatic heterocycles. The van der Waals surface area contributed by atoms with Gasteiger partial charge in [-0.25, -0.2) is 4.57 Å². The highest BCUT2D eigenvalue weighted by Gasteiger charge is 2.24. The zero-order valence-electron chi connectivity index (χ0n) is 20.0. The molecule has 0 fully saturated rings. The van der Waals surface area contributed by atoms with Crippen molar-refractivity contribution in [2.75, 3.05) is 11.9 Å². The fourth-order valence-electron chi connectivity index (χ4n) is 5.21. The molecule has 3 aromatic carbocycles. The molecule has 0 saturated heterocycles. The molecule has 6 rings (SSSR count). The first-order valence-corrected chi connectivity index (χ1v) is 12.3. The van der Waals surface area contributed by atoms with Crippen LogP contribution in [0.2, 0.25) is 0 Å². The Morgan fingerprint density at radius 2 is 1.31 bits per heavy atom. The number of aromatic nitrogens is 2. The Labute approximate surface area is 206 Å². The van der Waals surface area contributed by atoms with Gasteiger partial charge in [-0.1, -0.05) is 54.6 Å². The van der Waals surface area contributed by atoms with Crippen molar-refractivity contribution in [3.05, 3.63) is 132 Å². The van der Waals surface area contributed by atoms with Crippen LogP contribution in [0.5, 0.6) is 0 Å². The molecule has 3 heteroatoms. The van der Waals surface area contributed by atoms with Gasteiger partial charge in [-0.15, -0.1) is 0 Å². The first kappa shape index (κ1) is 21.3. The van der Waals surface area contributed by atoms with Gasteiger partial charge in [0.2, 0.25) is 5.52 Å². The van der Waals surface area contributed by atoms with Gasteiger partial charge in [0.05, 0.1) is 11.8 Å². The van der Waals surface area contributed by atoms with E-state index in [1.807, 2.05) is 0 Å². The van der Waals surface area contributed by atoms with E-state index in [2.05, 4.69) is 143 Å². The van der Waals surface area contributed by atoms with Gasteiger partial charge in [0.15, 0.2) is 31.7 Å². The molecule has 3 nitrogen and oxygen atoms in total. The molecule has 2 aromatic heterocycles. The quantitative estimate of drug-likeness (QED) is 0.288. The van der Waals surface area contributed by atoms with Gasteiger partial charge >= 0.3 is 0 Å². The predicted octanol–water partition coefficient (Wildman–Crippen LogP) is 6.18. The number of nitrogens with zero attached hydrogens (tertiary/aromatic N) is 3. The fraction of sp³-hybridized carbons (Fsp3) is 0.125. The molecule has 0 spiro atoms. The summed E-state index contributed by atoms with van der Waals surface area (Å²) in [5, 5.41) is 1.28. The number of hydrogen-bond acceptors (Lipinski definition) is 1. The van der Waals surface area contributed by atoms with E-state index < -0.39 is 0 Å². The number of anilines is 2. The number of rotatable bonds is 5. The van der Waals surface area contributed by atoms with E-state index in [1.165, 1.54) is 44.5 Å². The van der Waals surface area contributed by atoms with Crippen molar-refractivity contribution in [1.29, 1.82) is 0 Å². The van der Waals surface area contributed by atoms with E-state index in [-0.39, 0.29) is 0 Å². The minimum Gasteiger partial charge on any atom is -0.344 e. The van der Waals surface area contributed by atoms with Crippen molar-refractivity contribution in [3.63, 3.8) is 0 Å². The molecular weight excluding hydrogens is 426 g/mol. The summed E-state index contributed by atoms with van der Waals surface area (Å²) in [6, 6.07) is 34.7. The number of para-hydroxylation sites is 3. The smallest absolute Gasteiger partial charge is 0.213 e. The lowest BCUT2D eigenvalue weighted by Gasteiger charge is -2.31. The minimum atomic E-state index is 0.982. The Kier molecular flexibility index (Phi) is 5.59. The summed E-state index contributed by atoms with van der Waals surface area (Å²) in [6.45, 7) is 1.99. The Bertz CT molecular complexity index is 1490. The number of aryl methyl sites for hydroxylation is 2. The molecule has 170 valence electrons. The minimum absolute atomic E-state index is 0.982. The molecule has 35 heavy (non-hydrogen) atoms. The summed E-state index contributed by atoms with van der Waals surface area (Å²) in [4.78, 5) is 2.30. The van der Waals surface area contributed by atoms with E-state index in [4.69, 9.17) is 0 Å². The molecule has 5 aromatic rings. The maximum Gasteiger partial charge on any atom is 0.213 e. The predicted molar refractivity (Wildman–Crippen MR) is 143 cm³/mol. The lowest BCUT2D eigenvalue weighted by atomic mass is 9.88. The molecular formula is C32H29N3+2. The highest BCUT2D eigenvalue weighted by molar-refractivity contribution is 6.05. The third-order valence-corrected chi connectivity index (χ3v) is 6.96. The summed E-state index contributed by atoms with van der Waals surface area (Å²) in [5.74, 6) is 0. The van der Waals surface area contributed by atoms with Gasteiger partial charge in [-0.2, -0.15) is 4.57 Å². The van der Waals surface area contributed by atoms with Crippen LogP contribution in [-0.4, -0.2) is 7.05 Å². The highest BCUT2D eigenvalue weighted by atomic mass is 15.1. The van der Waals surface area contributed by atoms with Crippen molar-refractivity contribution < 1.29 is 9.13 Å². The van der Waals surface area contributed by atoms with Crippen LogP contribution in [0, 0.1) is 0 Å². The van der Waals surface area contributed by atoms with Crippen LogP contribution in [0.25, 0.3) is 22.6 Å². The van der Waals surface area contributed by atoms with Gasteiger partial charge < -0.3 is 4.90 Å². The van der Waals surface area contributed by atoms with E-state index >= 15 is 0 Å². The summed E-state index contributed by atoms with van der Waals surface area (Å²) in [7, 11) is 2.16. The molecule has 0 saturated carbocycles. The van der Waals surface area contributed by atoms with Crippen molar-refractivity contribution in [3.8, 4) is 0 Å². The van der Waals surface area contributed by atoms with Crippen molar-refractivity contribution >= 4 is 33.9 Å². The van der Waals surface area contributed by atoms with Crippen LogP contribution in [0.1, 0.15) is 23.1 Å². The SMILES string of the molecule is CN1c2ccccc2C(=Cc2cc[n+](CCC[n+]3ccccc3)c3ccccc23)c2ccccc21. The fourth-order valence-corrected chi connectivity index (χ4v) is 5.21. The molecule has 0 radical (unpaired) electrons. The maximum atomic E-state index is 2.39. The molecule has 0 unspecified atom stereocenters. The first-order chi connectivity index (χ1) is 17.3. The second kappa shape index (κ2) is 9.19. The third kappa shape index (κ3) is 4.00. The molecule has 0 amide bonds. The average molecular weight is 456 g/mol. The summed E-state index contributed by atoms with van der Waals surface area (Å²) >= 11 is 0. The number of hydrogen-bond donors (Lipinski definition) is 0. The maximum absolute atomic E-state index is 2.39. The van der Waals surface area contributed by atoms with E-state index in [0.29, 0.717) is 0 Å². The van der Waals surface area contributed by atoms with Gasteiger partial charge in [0, 0.05) is 53.8 Å². The largest absolute Gasteiger partial charge is 0.344 e. The van der Waals surface area contributed by atoms with Crippen LogP contribution in [0.4, 0.5) is 11.4 Å². The second-order valence-corrected chi connectivity index (χ2v) is 9.10. The average Bonchev–Trinajstić information content (AvgIpc) is 2.92. The van der Waals surface area contributed by atoms with Gasteiger partial charge in [0.25, 0.3) is 0 Å². The van der Waals surface area contributed by atoms with Crippen molar-refractivity contribution in [2.24, 2.45) is 0 Å². The first-order valence-electron chi connectivity index (χ1n) is 12.3. The lowest BCUT2D eigenvalue weighted by Crippen LogP contribution is -2.39. The Balaban J connectivity index is 1.41. The lowest BCUT2D eigenvalue weighted by molar-refractivity contribution is -0.717. The number of pyridine rings is 2. The van der Waals surface area contributed by atoms with Crippen molar-refractivity contribution in [2.45, 2.75) is 19.5 Å². The Hall–Kier alpha value is -4.24. The highest BCUT2D eigenvalue weighted by Crippen LogP contribution is 2.44. The molecule has 1 aliphatic rings. The Morgan fingerprint density at radius 1 is 0.657 bits per heavy atom. The standard InChI is InChI=1S/C32H29N3/c1-33-30-15-6-4-13-27(30)29(28-14-5-7-16-31(28)33)24-25-18-23-35(32-17-8-3-12-26(25)32)22-11-21-34-19-9-2-10-20-34/h2-10,12-20,23-24H,11,21-22H2,1H3/q+2. The zero-order valence-corrected chi connectivity index (χ0v) is 20.0. The summed E-state index contributed by atoms with van der Waals surface area (Å²) < 4.78 is 4.63. The molecule has 3 heterocycles. The molecule has 0 atom stereocenters. The van der Waals surface area contributed by atoms with E-state index in [9.17, 15) is 0 Å². The molecule has 0 bridgehead atoms. The van der Waals surface area contributed by atoms with Crippen LogP contribution in [0.15, 0.2) is 116 Å². The number of fused-ring (bicyclic) bond motifs is 3. The molecule has 0 aliphatic carbocycles. The van der Waals surface area contributed by atoms with Gasteiger partial charge in [-0.05, 0) is 35.4 Å². The molecule has 0 N–H and O–H groups in total. The van der Waals surface area contributed by atoms with Crippen molar-refractivity contribution in [1.82, 2.24) is 0 Å². The van der Waals surface area contributed by atoms with Crippen LogP contribution >= 0.6 is 0 Å². The topological polar surface area (TPSA) is 11.0 Å². The van der Waals surface area contributed by atoms with Gasteiger partial charge in [-0.3, -0.25) is 0 Å². The summed E-state index contributed by atoms with van der Waals surface area (Å²) in [5.41, 5.74) is 8.83. The van der Waals surface area contributed by atoms with Gasteiger partial charge in [0.1, 0.15) is 0 Å². The monoisotopic (exact) mass is 455 g/mol. The van der Waals surface area contributed by atoms with E-state index in [0.717, 1.165) is 19.5 Å². The zero-order chi connectivity index (χ0) is 23.6. The van der Waals surface area contributed by atoms with Crippen LogP contribution < -0.4 is 14.0 Å².